The van der Waals surface area contributed by atoms with E-state index in [0.29, 0.717) is 36.6 Å². The van der Waals surface area contributed by atoms with Crippen molar-refractivity contribution in [2.45, 2.75) is 45.5 Å². The number of fused-ring (bicyclic) bond motifs is 1. The van der Waals surface area contributed by atoms with Crippen molar-refractivity contribution >= 4 is 11.8 Å². The van der Waals surface area contributed by atoms with Gasteiger partial charge in [-0.15, -0.1) is 0 Å². The van der Waals surface area contributed by atoms with Crippen molar-refractivity contribution in [3.8, 4) is 0 Å². The average Bonchev–Trinajstić information content (AvgIpc) is 3.31. The third-order valence-corrected chi connectivity index (χ3v) is 5.67. The third-order valence-electron chi connectivity index (χ3n) is 5.67. The lowest BCUT2D eigenvalue weighted by molar-refractivity contribution is 0.0684. The van der Waals surface area contributed by atoms with Gasteiger partial charge in [0.2, 0.25) is 0 Å². The van der Waals surface area contributed by atoms with Crippen LogP contribution in [0.25, 0.3) is 0 Å². The molecule has 3 heterocycles. The van der Waals surface area contributed by atoms with Gasteiger partial charge in [-0.05, 0) is 38.0 Å². The molecule has 1 aromatic heterocycles. The van der Waals surface area contributed by atoms with Crippen LogP contribution in [0.1, 0.15) is 51.9 Å². The number of nitrogens with one attached hydrogen (secondary N) is 1. The Morgan fingerprint density at radius 1 is 1.24 bits per heavy atom. The maximum Gasteiger partial charge on any atom is 0.270 e. The molecule has 1 unspecified atom stereocenters. The number of rotatable bonds is 4. The zero-order chi connectivity index (χ0) is 20.5. The monoisotopic (exact) mass is 403 g/mol. The van der Waals surface area contributed by atoms with Crippen LogP contribution in [0.3, 0.4) is 0 Å². The molecule has 0 aliphatic carbocycles. The zero-order valence-corrected chi connectivity index (χ0v) is 16.2. The van der Waals surface area contributed by atoms with Gasteiger partial charge in [-0.2, -0.15) is 0 Å². The quantitative estimate of drug-likeness (QED) is 0.854. The van der Waals surface area contributed by atoms with Crippen molar-refractivity contribution in [2.75, 3.05) is 13.2 Å². The Morgan fingerprint density at radius 2 is 2.00 bits per heavy atom. The number of likely N-dealkylation sites (tertiary alicyclic amines) is 1. The maximum atomic E-state index is 13.8. The Morgan fingerprint density at radius 3 is 2.69 bits per heavy atom. The van der Waals surface area contributed by atoms with Crippen LogP contribution in [0.15, 0.2) is 24.3 Å². The smallest absolute Gasteiger partial charge is 0.270 e. The first-order valence-corrected chi connectivity index (χ1v) is 9.79. The minimum Gasteiger partial charge on any atom is -0.373 e. The van der Waals surface area contributed by atoms with Crippen LogP contribution in [-0.4, -0.2) is 40.5 Å². The van der Waals surface area contributed by atoms with Crippen LogP contribution in [0.5, 0.6) is 0 Å². The third kappa shape index (κ3) is 3.64. The molecule has 1 aromatic carbocycles. The molecular formula is C21H23F2N3O3. The van der Waals surface area contributed by atoms with Crippen LogP contribution < -0.4 is 5.32 Å². The SMILES string of the molecule is CC1CCCN1C(=O)c1cc(C(=O)NCc2c(F)cccc2F)c2n1CCOC2. The molecular weight excluding hydrogens is 380 g/mol. The first-order chi connectivity index (χ1) is 14.0. The van der Waals surface area contributed by atoms with E-state index in [1.807, 2.05) is 16.4 Å². The Labute approximate surface area is 167 Å². The molecule has 2 aliphatic heterocycles. The molecule has 1 N–H and O–H groups in total. The molecule has 0 bridgehead atoms. The molecule has 0 spiro atoms. The fraction of sp³-hybridized carbons (Fsp3) is 0.429. The Bertz CT molecular complexity index is 937. The minimum absolute atomic E-state index is 0.0997. The Hall–Kier alpha value is -2.74. The second-order valence-electron chi connectivity index (χ2n) is 7.47. The first kappa shape index (κ1) is 19.6. The lowest BCUT2D eigenvalue weighted by Crippen LogP contribution is -2.35. The second-order valence-corrected chi connectivity index (χ2v) is 7.47. The predicted molar refractivity (Wildman–Crippen MR) is 101 cm³/mol. The van der Waals surface area contributed by atoms with Gasteiger partial charge in [0.05, 0.1) is 24.5 Å². The lowest BCUT2D eigenvalue weighted by Gasteiger charge is -2.24. The van der Waals surface area contributed by atoms with Crippen molar-refractivity contribution in [1.29, 1.82) is 0 Å². The molecule has 29 heavy (non-hydrogen) atoms. The number of amides is 2. The molecule has 1 atom stereocenters. The summed E-state index contributed by atoms with van der Waals surface area (Å²) in [5.74, 6) is -2.02. The Balaban J connectivity index is 1.59. The van der Waals surface area contributed by atoms with Gasteiger partial charge < -0.3 is 19.5 Å². The summed E-state index contributed by atoms with van der Waals surface area (Å²) in [6.45, 7) is 3.58. The molecule has 2 aromatic rings. The summed E-state index contributed by atoms with van der Waals surface area (Å²) in [5, 5.41) is 2.56. The number of benzene rings is 1. The van der Waals surface area contributed by atoms with Gasteiger partial charge in [0.15, 0.2) is 0 Å². The van der Waals surface area contributed by atoms with Gasteiger partial charge in [0, 0.05) is 31.2 Å². The van der Waals surface area contributed by atoms with E-state index in [4.69, 9.17) is 4.74 Å². The van der Waals surface area contributed by atoms with E-state index in [1.54, 1.807) is 6.07 Å². The zero-order valence-electron chi connectivity index (χ0n) is 16.2. The van der Waals surface area contributed by atoms with Gasteiger partial charge in [-0.25, -0.2) is 8.78 Å². The van der Waals surface area contributed by atoms with E-state index in [2.05, 4.69) is 5.32 Å². The van der Waals surface area contributed by atoms with Crippen LogP contribution in [-0.2, 0) is 24.4 Å². The highest BCUT2D eigenvalue weighted by atomic mass is 19.1. The maximum absolute atomic E-state index is 13.8. The number of aromatic nitrogens is 1. The molecule has 0 radical (unpaired) electrons. The van der Waals surface area contributed by atoms with Gasteiger partial charge in [-0.3, -0.25) is 9.59 Å². The van der Waals surface area contributed by atoms with E-state index < -0.39 is 17.5 Å². The molecule has 1 saturated heterocycles. The summed E-state index contributed by atoms with van der Waals surface area (Å²) in [6, 6.07) is 5.30. The highest BCUT2D eigenvalue weighted by molar-refractivity contribution is 6.00. The van der Waals surface area contributed by atoms with E-state index in [1.165, 1.54) is 6.07 Å². The predicted octanol–water partition coefficient (Wildman–Crippen LogP) is 2.85. The van der Waals surface area contributed by atoms with Crippen molar-refractivity contribution in [2.24, 2.45) is 0 Å². The number of hydrogen-bond acceptors (Lipinski definition) is 3. The molecule has 4 rings (SSSR count). The van der Waals surface area contributed by atoms with E-state index >= 15 is 0 Å². The largest absolute Gasteiger partial charge is 0.373 e. The molecule has 2 amide bonds. The van der Waals surface area contributed by atoms with Crippen molar-refractivity contribution in [3.63, 3.8) is 0 Å². The van der Waals surface area contributed by atoms with Crippen LogP contribution >= 0.6 is 0 Å². The molecule has 154 valence electrons. The van der Waals surface area contributed by atoms with E-state index in [0.717, 1.165) is 25.0 Å². The van der Waals surface area contributed by atoms with Crippen LogP contribution in [0.2, 0.25) is 0 Å². The van der Waals surface area contributed by atoms with E-state index in [9.17, 15) is 18.4 Å². The fourth-order valence-electron chi connectivity index (χ4n) is 4.05. The summed E-state index contributed by atoms with van der Waals surface area (Å²) < 4.78 is 35.0. The summed E-state index contributed by atoms with van der Waals surface area (Å²) in [6.07, 6.45) is 1.93. The lowest BCUT2D eigenvalue weighted by atomic mass is 10.1. The number of halogens is 2. The molecule has 0 saturated carbocycles. The highest BCUT2D eigenvalue weighted by Crippen LogP contribution is 2.25. The second kappa shape index (κ2) is 7.94. The summed E-state index contributed by atoms with van der Waals surface area (Å²) in [7, 11) is 0. The fourth-order valence-corrected chi connectivity index (χ4v) is 4.05. The van der Waals surface area contributed by atoms with Crippen molar-refractivity contribution in [1.82, 2.24) is 14.8 Å². The van der Waals surface area contributed by atoms with Gasteiger partial charge in [0.1, 0.15) is 17.3 Å². The van der Waals surface area contributed by atoms with Crippen LogP contribution in [0, 0.1) is 11.6 Å². The number of carbonyl (C=O) groups is 2. The summed E-state index contributed by atoms with van der Waals surface area (Å²) in [4.78, 5) is 27.7. The molecule has 8 heteroatoms. The summed E-state index contributed by atoms with van der Waals surface area (Å²) >= 11 is 0. The van der Waals surface area contributed by atoms with Gasteiger partial charge in [-0.1, -0.05) is 6.07 Å². The van der Waals surface area contributed by atoms with Crippen molar-refractivity contribution < 1.29 is 23.1 Å². The van der Waals surface area contributed by atoms with E-state index in [-0.39, 0.29) is 30.7 Å². The first-order valence-electron chi connectivity index (χ1n) is 9.79. The number of ether oxygens (including phenoxy) is 1. The normalized spacial score (nSPS) is 18.6. The van der Waals surface area contributed by atoms with Crippen molar-refractivity contribution in [3.05, 3.63) is 58.4 Å². The number of hydrogen-bond donors (Lipinski definition) is 1. The Kier molecular flexibility index (Phi) is 5.36. The standard InChI is InChI=1S/C21H23F2N3O3/c1-13-4-3-7-25(13)21(28)18-10-14(19-12-29-9-8-26(18)19)20(27)24-11-15-16(22)5-2-6-17(15)23/h2,5-6,10,13H,3-4,7-9,11-12H2,1H3,(H,24,27). The topological polar surface area (TPSA) is 63.6 Å². The average molecular weight is 403 g/mol. The number of nitrogens with zero attached hydrogens (tertiary/aromatic N) is 2. The molecule has 6 nitrogen and oxygen atoms in total. The molecule has 1 fully saturated rings. The highest BCUT2D eigenvalue weighted by Gasteiger charge is 2.32. The number of carbonyl (C=O) groups excluding carboxylic acids is 2. The summed E-state index contributed by atoms with van der Waals surface area (Å²) in [5.41, 5.74) is 1.17. The van der Waals surface area contributed by atoms with Crippen LogP contribution in [0.4, 0.5) is 8.78 Å². The molecule has 2 aliphatic rings. The minimum atomic E-state index is -0.716. The van der Waals surface area contributed by atoms with Gasteiger partial charge in [0.25, 0.3) is 11.8 Å². The van der Waals surface area contributed by atoms with Gasteiger partial charge >= 0.3 is 0 Å².